The minimum atomic E-state index is -1.07. The Bertz CT molecular complexity index is 448. The van der Waals surface area contributed by atoms with Gasteiger partial charge < -0.3 is 10.0 Å². The average molecular weight is 243 g/mol. The second-order valence-electron chi connectivity index (χ2n) is 3.49. The predicted octanol–water partition coefficient (Wildman–Crippen LogP) is 1.51. The lowest BCUT2D eigenvalue weighted by Gasteiger charge is -2.16. The van der Waals surface area contributed by atoms with E-state index in [9.17, 15) is 18.4 Å². The molecule has 0 bridgehead atoms. The van der Waals surface area contributed by atoms with Crippen LogP contribution in [0.2, 0.25) is 0 Å². The Morgan fingerprint density at radius 2 is 2.00 bits per heavy atom. The molecule has 0 heterocycles. The van der Waals surface area contributed by atoms with Crippen LogP contribution < -0.4 is 0 Å². The molecular weight excluding hydrogens is 232 g/mol. The number of benzene rings is 1. The summed E-state index contributed by atoms with van der Waals surface area (Å²) in [5.41, 5.74) is -0.405. The number of hydrogen-bond acceptors (Lipinski definition) is 2. The van der Waals surface area contributed by atoms with E-state index in [0.717, 1.165) is 23.1 Å². The minimum absolute atomic E-state index is 0.0654. The predicted molar refractivity (Wildman–Crippen MR) is 55.6 cm³/mol. The molecule has 0 unspecified atom stereocenters. The second kappa shape index (κ2) is 5.38. The maximum absolute atomic E-state index is 13.2. The summed E-state index contributed by atoms with van der Waals surface area (Å²) in [5.74, 6) is -3.37. The molecule has 0 saturated carbocycles. The lowest BCUT2D eigenvalue weighted by atomic mass is 10.2. The quantitative estimate of drug-likeness (QED) is 0.872. The van der Waals surface area contributed by atoms with Gasteiger partial charge >= 0.3 is 5.97 Å². The van der Waals surface area contributed by atoms with Crippen molar-refractivity contribution in [2.75, 3.05) is 13.6 Å². The van der Waals surface area contributed by atoms with Crippen molar-refractivity contribution in [3.05, 3.63) is 35.4 Å². The van der Waals surface area contributed by atoms with Gasteiger partial charge in [-0.1, -0.05) is 0 Å². The molecule has 0 spiro atoms. The topological polar surface area (TPSA) is 57.6 Å². The number of carboxylic acids is 1. The van der Waals surface area contributed by atoms with Crippen LogP contribution in [-0.4, -0.2) is 35.5 Å². The third-order valence-corrected chi connectivity index (χ3v) is 2.17. The van der Waals surface area contributed by atoms with Crippen molar-refractivity contribution in [1.29, 1.82) is 0 Å². The third-order valence-electron chi connectivity index (χ3n) is 2.17. The van der Waals surface area contributed by atoms with Gasteiger partial charge in [0, 0.05) is 13.6 Å². The maximum Gasteiger partial charge on any atom is 0.305 e. The molecule has 0 aliphatic rings. The fourth-order valence-corrected chi connectivity index (χ4v) is 1.23. The highest BCUT2D eigenvalue weighted by Crippen LogP contribution is 2.12. The van der Waals surface area contributed by atoms with Crippen LogP contribution in [0.5, 0.6) is 0 Å². The summed E-state index contributed by atoms with van der Waals surface area (Å²) in [5, 5.41) is 8.44. The van der Waals surface area contributed by atoms with E-state index < -0.39 is 29.1 Å². The Balaban J connectivity index is 2.81. The van der Waals surface area contributed by atoms with E-state index in [1.165, 1.54) is 7.05 Å². The Hall–Kier alpha value is -1.98. The number of carbonyl (C=O) groups excluding carboxylic acids is 1. The number of nitrogens with zero attached hydrogens (tertiary/aromatic N) is 1. The molecule has 1 amide bonds. The molecule has 0 atom stereocenters. The molecule has 92 valence electrons. The molecule has 0 aliphatic carbocycles. The lowest BCUT2D eigenvalue weighted by molar-refractivity contribution is -0.137. The van der Waals surface area contributed by atoms with Gasteiger partial charge in [0.1, 0.15) is 11.6 Å². The van der Waals surface area contributed by atoms with Crippen LogP contribution in [0.25, 0.3) is 0 Å². The Kier molecular flexibility index (Phi) is 4.14. The minimum Gasteiger partial charge on any atom is -0.481 e. The van der Waals surface area contributed by atoms with Crippen molar-refractivity contribution < 1.29 is 23.5 Å². The van der Waals surface area contributed by atoms with E-state index >= 15 is 0 Å². The smallest absolute Gasteiger partial charge is 0.305 e. The highest BCUT2D eigenvalue weighted by Gasteiger charge is 2.17. The monoisotopic (exact) mass is 243 g/mol. The highest BCUT2D eigenvalue weighted by molar-refractivity contribution is 5.94. The van der Waals surface area contributed by atoms with Crippen molar-refractivity contribution in [2.45, 2.75) is 6.42 Å². The standard InChI is InChI=1S/C11H11F2NO3/c1-14(5-4-10(15)16)11(17)8-6-7(12)2-3-9(8)13/h2-3,6H,4-5H2,1H3,(H,15,16). The molecule has 0 aliphatic heterocycles. The van der Waals surface area contributed by atoms with Crippen LogP contribution in [0.3, 0.4) is 0 Å². The summed E-state index contributed by atoms with van der Waals surface area (Å²) in [6.07, 6.45) is -0.251. The number of carboxylic acid groups (broad SMARTS) is 1. The number of rotatable bonds is 4. The van der Waals surface area contributed by atoms with Gasteiger partial charge in [0.2, 0.25) is 0 Å². The molecule has 1 aromatic carbocycles. The molecular formula is C11H11F2NO3. The van der Waals surface area contributed by atoms with Gasteiger partial charge in [0.15, 0.2) is 0 Å². The van der Waals surface area contributed by atoms with Crippen molar-refractivity contribution in [1.82, 2.24) is 4.90 Å². The summed E-state index contributed by atoms with van der Waals surface area (Å²) < 4.78 is 26.1. The van der Waals surface area contributed by atoms with Gasteiger partial charge in [-0.15, -0.1) is 0 Å². The molecule has 0 fully saturated rings. The number of carbonyl (C=O) groups is 2. The van der Waals surface area contributed by atoms with Gasteiger partial charge in [0.25, 0.3) is 5.91 Å². The first-order valence-corrected chi connectivity index (χ1v) is 4.84. The molecule has 4 nitrogen and oxygen atoms in total. The van der Waals surface area contributed by atoms with Gasteiger partial charge in [-0.25, -0.2) is 8.78 Å². The first-order chi connectivity index (χ1) is 7.91. The third kappa shape index (κ3) is 3.51. The summed E-state index contributed by atoms with van der Waals surface area (Å²) in [4.78, 5) is 23.0. The van der Waals surface area contributed by atoms with Crippen LogP contribution in [0.4, 0.5) is 8.78 Å². The summed E-state index contributed by atoms with van der Waals surface area (Å²) in [7, 11) is 1.33. The summed E-state index contributed by atoms with van der Waals surface area (Å²) in [6, 6.07) is 2.55. The van der Waals surface area contributed by atoms with Crippen LogP contribution in [0, 0.1) is 11.6 Å². The van der Waals surface area contributed by atoms with Crippen LogP contribution in [0.15, 0.2) is 18.2 Å². The molecule has 17 heavy (non-hydrogen) atoms. The summed E-state index contributed by atoms with van der Waals surface area (Å²) in [6.45, 7) is -0.0654. The fraction of sp³-hybridized carbons (Fsp3) is 0.273. The number of halogens is 2. The molecule has 1 aromatic rings. The molecule has 6 heteroatoms. The van der Waals surface area contributed by atoms with Crippen LogP contribution >= 0.6 is 0 Å². The fourth-order valence-electron chi connectivity index (χ4n) is 1.23. The van der Waals surface area contributed by atoms with E-state index in [1.54, 1.807) is 0 Å². The maximum atomic E-state index is 13.2. The number of amides is 1. The van der Waals surface area contributed by atoms with Gasteiger partial charge in [-0.2, -0.15) is 0 Å². The van der Waals surface area contributed by atoms with Crippen molar-refractivity contribution in [3.63, 3.8) is 0 Å². The average Bonchev–Trinajstić information content (AvgIpc) is 2.28. The van der Waals surface area contributed by atoms with E-state index in [0.29, 0.717) is 0 Å². The van der Waals surface area contributed by atoms with Crippen LogP contribution in [-0.2, 0) is 4.79 Å². The molecule has 1 N–H and O–H groups in total. The molecule has 0 saturated heterocycles. The summed E-state index contributed by atoms with van der Waals surface area (Å²) >= 11 is 0. The number of hydrogen-bond donors (Lipinski definition) is 1. The van der Waals surface area contributed by atoms with Crippen molar-refractivity contribution in [2.24, 2.45) is 0 Å². The lowest BCUT2D eigenvalue weighted by Crippen LogP contribution is -2.29. The zero-order chi connectivity index (χ0) is 13.0. The van der Waals surface area contributed by atoms with Crippen LogP contribution in [0.1, 0.15) is 16.8 Å². The van der Waals surface area contributed by atoms with Gasteiger partial charge in [0.05, 0.1) is 12.0 Å². The Morgan fingerprint density at radius 3 is 2.59 bits per heavy atom. The molecule has 0 radical (unpaired) electrons. The zero-order valence-corrected chi connectivity index (χ0v) is 9.11. The highest BCUT2D eigenvalue weighted by atomic mass is 19.1. The Morgan fingerprint density at radius 1 is 1.35 bits per heavy atom. The first-order valence-electron chi connectivity index (χ1n) is 4.84. The Labute approximate surface area is 96.5 Å². The van der Waals surface area contributed by atoms with E-state index in [1.807, 2.05) is 0 Å². The normalized spacial score (nSPS) is 10.1. The van der Waals surface area contributed by atoms with E-state index in [-0.39, 0.29) is 13.0 Å². The second-order valence-corrected chi connectivity index (χ2v) is 3.49. The largest absolute Gasteiger partial charge is 0.481 e. The molecule has 0 aromatic heterocycles. The number of aliphatic carboxylic acids is 1. The van der Waals surface area contributed by atoms with Gasteiger partial charge in [-0.3, -0.25) is 9.59 Å². The first kappa shape index (κ1) is 13.1. The van der Waals surface area contributed by atoms with Gasteiger partial charge in [-0.05, 0) is 18.2 Å². The SMILES string of the molecule is CN(CCC(=O)O)C(=O)c1cc(F)ccc1F. The van der Waals surface area contributed by atoms with E-state index in [2.05, 4.69) is 0 Å². The van der Waals surface area contributed by atoms with Crippen molar-refractivity contribution >= 4 is 11.9 Å². The van der Waals surface area contributed by atoms with E-state index in [4.69, 9.17) is 5.11 Å². The molecule has 1 rings (SSSR count). The zero-order valence-electron chi connectivity index (χ0n) is 9.11. The van der Waals surface area contributed by atoms with Crippen molar-refractivity contribution in [3.8, 4) is 0 Å².